The summed E-state index contributed by atoms with van der Waals surface area (Å²) in [5.74, 6) is 0. The van der Waals surface area contributed by atoms with E-state index < -0.39 is 0 Å². The summed E-state index contributed by atoms with van der Waals surface area (Å²) in [5, 5.41) is 8.75. The Bertz CT molecular complexity index is 225. The highest BCUT2D eigenvalue weighted by Crippen LogP contribution is 2.11. The second-order valence-corrected chi connectivity index (χ2v) is 2.73. The van der Waals surface area contributed by atoms with Gasteiger partial charge in [-0.15, -0.1) is 0 Å². The van der Waals surface area contributed by atoms with Gasteiger partial charge in [0.15, 0.2) is 0 Å². The quantitative estimate of drug-likeness (QED) is 0.689. The number of aryl methyl sites for hydroxylation is 2. The van der Waals surface area contributed by atoms with E-state index in [4.69, 9.17) is 5.11 Å². The molecule has 1 aromatic heterocycles. The molecule has 0 aliphatic carbocycles. The molecule has 2 nitrogen and oxygen atoms in total. The Morgan fingerprint density at radius 1 is 1.27 bits per heavy atom. The van der Waals surface area contributed by atoms with Crippen LogP contribution < -0.4 is 0 Å². The predicted molar refractivity (Wildman–Crippen MR) is 44.5 cm³/mol. The first kappa shape index (κ1) is 8.21. The maximum absolute atomic E-state index is 8.75. The highest BCUT2D eigenvalue weighted by atomic mass is 16.2. The summed E-state index contributed by atoms with van der Waals surface area (Å²) in [6.45, 7) is 4.25. The number of aromatic nitrogens is 1. The Hall–Kier alpha value is -0.890. The molecule has 1 aromatic rings. The molecule has 11 heavy (non-hydrogen) atoms. The minimum absolute atomic E-state index is 0.214. The lowest BCUT2D eigenvalue weighted by Gasteiger charge is -2.05. The molecule has 0 aromatic carbocycles. The number of nitrogens with zero attached hydrogens (tertiary/aromatic N) is 1. The smallest absolute Gasteiger partial charge is 0.0471 e. The fraction of sp³-hybridized carbons (Fsp3) is 0.444. The van der Waals surface area contributed by atoms with Crippen molar-refractivity contribution in [2.45, 2.75) is 20.3 Å². The fourth-order valence-corrected chi connectivity index (χ4v) is 1.23. The van der Waals surface area contributed by atoms with Crippen LogP contribution in [-0.4, -0.2) is 16.7 Å². The van der Waals surface area contributed by atoms with E-state index in [1.54, 1.807) is 0 Å². The van der Waals surface area contributed by atoms with Crippen molar-refractivity contribution in [1.29, 1.82) is 0 Å². The van der Waals surface area contributed by atoms with Crippen molar-refractivity contribution in [3.05, 3.63) is 29.1 Å². The Balaban J connectivity index is 3.00. The molecule has 0 saturated heterocycles. The first-order valence-electron chi connectivity index (χ1n) is 3.76. The molecule has 0 atom stereocenters. The van der Waals surface area contributed by atoms with Gasteiger partial charge in [-0.3, -0.25) is 4.98 Å². The Morgan fingerprint density at radius 2 is 1.82 bits per heavy atom. The van der Waals surface area contributed by atoms with Crippen LogP contribution in [0.3, 0.4) is 0 Å². The van der Waals surface area contributed by atoms with Crippen LogP contribution in [0.25, 0.3) is 0 Å². The molecule has 0 unspecified atom stereocenters. The minimum Gasteiger partial charge on any atom is -0.396 e. The van der Waals surface area contributed by atoms with Gasteiger partial charge in [0.25, 0.3) is 0 Å². The van der Waals surface area contributed by atoms with Crippen LogP contribution in [0.5, 0.6) is 0 Å². The van der Waals surface area contributed by atoms with E-state index in [1.165, 1.54) is 16.7 Å². The predicted octanol–water partition coefficient (Wildman–Crippen LogP) is 1.23. The number of hydrogen-bond acceptors (Lipinski definition) is 2. The van der Waals surface area contributed by atoms with Crippen molar-refractivity contribution >= 4 is 0 Å². The molecule has 0 spiro atoms. The van der Waals surface area contributed by atoms with Gasteiger partial charge in [0.2, 0.25) is 0 Å². The van der Waals surface area contributed by atoms with E-state index in [0.29, 0.717) is 0 Å². The van der Waals surface area contributed by atoms with E-state index >= 15 is 0 Å². The zero-order valence-corrected chi connectivity index (χ0v) is 6.96. The van der Waals surface area contributed by atoms with Crippen molar-refractivity contribution in [2.75, 3.05) is 6.61 Å². The Morgan fingerprint density at radius 3 is 2.27 bits per heavy atom. The zero-order chi connectivity index (χ0) is 8.27. The van der Waals surface area contributed by atoms with Crippen LogP contribution in [0, 0.1) is 13.8 Å². The van der Waals surface area contributed by atoms with Crippen molar-refractivity contribution in [2.24, 2.45) is 0 Å². The maximum Gasteiger partial charge on any atom is 0.0471 e. The Labute approximate surface area is 66.9 Å². The molecule has 1 rings (SSSR count). The summed E-state index contributed by atoms with van der Waals surface area (Å²) in [4.78, 5) is 4.05. The number of hydrogen-bond donors (Lipinski definition) is 1. The number of aliphatic hydroxyl groups excluding tert-OH is 1. The third-order valence-corrected chi connectivity index (χ3v) is 1.85. The van der Waals surface area contributed by atoms with Crippen LogP contribution in [0.15, 0.2) is 12.4 Å². The summed E-state index contributed by atoms with van der Waals surface area (Å²) in [7, 11) is 0. The van der Waals surface area contributed by atoms with Crippen molar-refractivity contribution in [3.63, 3.8) is 0 Å². The van der Waals surface area contributed by atoms with Crippen LogP contribution >= 0.6 is 0 Å². The monoisotopic (exact) mass is 151 g/mol. The van der Waals surface area contributed by atoms with E-state index in [-0.39, 0.29) is 6.61 Å². The van der Waals surface area contributed by atoms with Crippen molar-refractivity contribution in [1.82, 2.24) is 4.98 Å². The van der Waals surface area contributed by atoms with Gasteiger partial charge in [-0.25, -0.2) is 0 Å². The number of rotatable bonds is 2. The summed E-state index contributed by atoms with van der Waals surface area (Å²) in [6.07, 6.45) is 4.40. The summed E-state index contributed by atoms with van der Waals surface area (Å²) >= 11 is 0. The van der Waals surface area contributed by atoms with Crippen molar-refractivity contribution < 1.29 is 5.11 Å². The molecule has 0 saturated carbocycles. The van der Waals surface area contributed by atoms with Gasteiger partial charge < -0.3 is 5.11 Å². The maximum atomic E-state index is 8.75. The average Bonchev–Trinajstić information content (AvgIpc) is 1.97. The van der Waals surface area contributed by atoms with E-state index in [0.717, 1.165) is 6.42 Å². The van der Waals surface area contributed by atoms with Crippen LogP contribution in [0.4, 0.5) is 0 Å². The average molecular weight is 151 g/mol. The number of pyridine rings is 1. The van der Waals surface area contributed by atoms with Crippen LogP contribution in [0.1, 0.15) is 16.7 Å². The fourth-order valence-electron chi connectivity index (χ4n) is 1.23. The summed E-state index contributed by atoms with van der Waals surface area (Å²) in [6, 6.07) is 0. The third kappa shape index (κ3) is 1.77. The van der Waals surface area contributed by atoms with Crippen LogP contribution in [0.2, 0.25) is 0 Å². The molecular formula is C9H13NO. The van der Waals surface area contributed by atoms with Gasteiger partial charge in [0, 0.05) is 19.0 Å². The number of aliphatic hydroxyl groups is 1. The molecule has 0 aliphatic heterocycles. The molecular weight excluding hydrogens is 138 g/mol. The molecule has 60 valence electrons. The first-order valence-corrected chi connectivity index (χ1v) is 3.76. The van der Waals surface area contributed by atoms with Crippen molar-refractivity contribution in [3.8, 4) is 0 Å². The standard InChI is InChI=1S/C9H13NO/c1-7-5-10-6-8(2)9(7)3-4-11/h5-6,11H,3-4H2,1-2H3. The molecule has 0 bridgehead atoms. The van der Waals surface area contributed by atoms with Gasteiger partial charge in [0.05, 0.1) is 0 Å². The lowest BCUT2D eigenvalue weighted by atomic mass is 10.0. The second kappa shape index (κ2) is 3.49. The third-order valence-electron chi connectivity index (χ3n) is 1.85. The molecule has 0 amide bonds. The molecule has 1 N–H and O–H groups in total. The van der Waals surface area contributed by atoms with E-state index in [1.807, 2.05) is 26.2 Å². The van der Waals surface area contributed by atoms with Gasteiger partial charge in [-0.2, -0.15) is 0 Å². The first-order chi connectivity index (χ1) is 5.25. The minimum atomic E-state index is 0.214. The Kier molecular flexibility index (Phi) is 2.60. The largest absolute Gasteiger partial charge is 0.396 e. The highest BCUT2D eigenvalue weighted by Gasteiger charge is 2.00. The zero-order valence-electron chi connectivity index (χ0n) is 6.96. The highest BCUT2D eigenvalue weighted by molar-refractivity contribution is 5.29. The lowest BCUT2D eigenvalue weighted by Crippen LogP contribution is -1.98. The molecule has 0 fully saturated rings. The lowest BCUT2D eigenvalue weighted by molar-refractivity contribution is 0.299. The second-order valence-electron chi connectivity index (χ2n) is 2.73. The SMILES string of the molecule is Cc1cncc(C)c1CCO. The summed E-state index contributed by atoms with van der Waals surface area (Å²) in [5.41, 5.74) is 3.56. The van der Waals surface area contributed by atoms with E-state index in [9.17, 15) is 0 Å². The van der Waals surface area contributed by atoms with E-state index in [2.05, 4.69) is 4.98 Å². The van der Waals surface area contributed by atoms with Crippen LogP contribution in [-0.2, 0) is 6.42 Å². The van der Waals surface area contributed by atoms with Gasteiger partial charge in [0.1, 0.15) is 0 Å². The molecule has 0 aliphatic rings. The molecule has 2 heteroatoms. The van der Waals surface area contributed by atoms with Gasteiger partial charge >= 0.3 is 0 Å². The van der Waals surface area contributed by atoms with Gasteiger partial charge in [-0.05, 0) is 37.0 Å². The normalized spacial score (nSPS) is 10.1. The van der Waals surface area contributed by atoms with Gasteiger partial charge in [-0.1, -0.05) is 0 Å². The molecule has 0 radical (unpaired) electrons. The molecule has 1 heterocycles. The summed E-state index contributed by atoms with van der Waals surface area (Å²) < 4.78 is 0. The topological polar surface area (TPSA) is 33.1 Å².